The van der Waals surface area contributed by atoms with Gasteiger partial charge in [-0.15, -0.1) is 0 Å². The van der Waals surface area contributed by atoms with E-state index in [4.69, 9.17) is 4.43 Å². The van der Waals surface area contributed by atoms with Gasteiger partial charge < -0.3 is 4.43 Å². The highest BCUT2D eigenvalue weighted by molar-refractivity contribution is 8.14. The van der Waals surface area contributed by atoms with Crippen LogP contribution in [0, 0.1) is 0 Å². The molecule has 1 aliphatic heterocycles. The lowest BCUT2D eigenvalue weighted by atomic mass is 10.0. The maximum atomic E-state index is 11.8. The van der Waals surface area contributed by atoms with E-state index in [-0.39, 0.29) is 11.1 Å². The number of rotatable bonds is 14. The maximum absolute atomic E-state index is 11.8. The first-order valence-electron chi connectivity index (χ1n) is 11.5. The predicted molar refractivity (Wildman–Crippen MR) is 124 cm³/mol. The van der Waals surface area contributed by atoms with Gasteiger partial charge in [-0.25, -0.2) is 0 Å². The van der Waals surface area contributed by atoms with Crippen molar-refractivity contribution in [2.45, 2.75) is 141 Å². The van der Waals surface area contributed by atoms with E-state index in [1.54, 1.807) is 11.8 Å². The van der Waals surface area contributed by atoms with Crippen LogP contribution >= 0.6 is 11.8 Å². The number of hydrogen-bond donors (Lipinski definition) is 0. The van der Waals surface area contributed by atoms with Gasteiger partial charge in [0.25, 0.3) is 0 Å². The Morgan fingerprint density at radius 3 is 1.96 bits per heavy atom. The molecule has 0 aromatic heterocycles. The van der Waals surface area contributed by atoms with Gasteiger partial charge >= 0.3 is 0 Å². The molecule has 1 fully saturated rings. The molecule has 0 spiro atoms. The Balaban J connectivity index is 2.32. The molecule has 0 aromatic rings. The van der Waals surface area contributed by atoms with Crippen molar-refractivity contribution >= 4 is 25.2 Å². The second-order valence-corrected chi connectivity index (χ2v) is 16.0. The molecule has 0 N–H and O–H groups in total. The summed E-state index contributed by atoms with van der Waals surface area (Å²) in [4.78, 5) is 11.8. The van der Waals surface area contributed by atoms with Crippen molar-refractivity contribution in [2.24, 2.45) is 0 Å². The van der Waals surface area contributed by atoms with Crippen LogP contribution in [0.3, 0.4) is 0 Å². The predicted octanol–water partition coefficient (Wildman–Crippen LogP) is 8.11. The third kappa shape index (κ3) is 9.98. The SMILES string of the molecule is CCCCCCCCCCCC[C@@H](O[Si](C)(C)C(C)(C)C)[C@H]1CCC(=O)S1. The van der Waals surface area contributed by atoms with Crippen LogP contribution in [0.5, 0.6) is 0 Å². The Hall–Kier alpha value is 0.197. The molecule has 0 amide bonds. The average Bonchev–Trinajstić information content (AvgIpc) is 3.00. The lowest BCUT2D eigenvalue weighted by Gasteiger charge is -2.40. The summed E-state index contributed by atoms with van der Waals surface area (Å²) in [5.41, 5.74) is 0. The Bertz CT molecular complexity index is 417. The van der Waals surface area contributed by atoms with Crippen LogP contribution in [0.4, 0.5) is 0 Å². The lowest BCUT2D eigenvalue weighted by molar-refractivity contribution is -0.110. The molecule has 1 saturated heterocycles. The molecule has 27 heavy (non-hydrogen) atoms. The van der Waals surface area contributed by atoms with Crippen LogP contribution in [0.25, 0.3) is 0 Å². The van der Waals surface area contributed by atoms with Crippen LogP contribution < -0.4 is 0 Å². The number of carbonyl (C=O) groups is 1. The minimum Gasteiger partial charge on any atom is -0.413 e. The fourth-order valence-corrected chi connectivity index (χ4v) is 6.16. The third-order valence-electron chi connectivity index (χ3n) is 6.42. The largest absolute Gasteiger partial charge is 0.413 e. The average molecular weight is 415 g/mol. The molecule has 0 radical (unpaired) electrons. The molecule has 0 aromatic carbocycles. The summed E-state index contributed by atoms with van der Waals surface area (Å²) in [7, 11) is -1.78. The molecule has 1 aliphatic rings. The summed E-state index contributed by atoms with van der Waals surface area (Å²) in [6, 6.07) is 0. The molecular weight excluding hydrogens is 368 g/mol. The highest BCUT2D eigenvalue weighted by Gasteiger charge is 2.42. The second-order valence-electron chi connectivity index (χ2n) is 9.95. The maximum Gasteiger partial charge on any atom is 0.192 e. The van der Waals surface area contributed by atoms with E-state index in [9.17, 15) is 4.79 Å². The van der Waals surface area contributed by atoms with Crippen LogP contribution in [0.1, 0.15) is 111 Å². The molecule has 0 unspecified atom stereocenters. The van der Waals surface area contributed by atoms with E-state index >= 15 is 0 Å². The third-order valence-corrected chi connectivity index (χ3v) is 12.2. The minimum absolute atomic E-state index is 0.232. The lowest BCUT2D eigenvalue weighted by Crippen LogP contribution is -2.46. The molecule has 0 bridgehead atoms. The van der Waals surface area contributed by atoms with Crippen molar-refractivity contribution < 1.29 is 9.22 Å². The smallest absolute Gasteiger partial charge is 0.192 e. The summed E-state index contributed by atoms with van der Waals surface area (Å²) >= 11 is 1.56. The van der Waals surface area contributed by atoms with Gasteiger partial charge in [-0.1, -0.05) is 104 Å². The Morgan fingerprint density at radius 1 is 1.00 bits per heavy atom. The number of hydrogen-bond acceptors (Lipinski definition) is 3. The molecule has 1 heterocycles. The zero-order chi connectivity index (χ0) is 20.3. The van der Waals surface area contributed by atoms with Gasteiger partial charge in [-0.05, 0) is 31.0 Å². The summed E-state index contributed by atoms with van der Waals surface area (Å²) in [6.07, 6.45) is 16.9. The highest BCUT2D eigenvalue weighted by atomic mass is 32.2. The van der Waals surface area contributed by atoms with Gasteiger partial charge in [0.1, 0.15) is 0 Å². The van der Waals surface area contributed by atoms with E-state index in [0.29, 0.717) is 10.4 Å². The van der Waals surface area contributed by atoms with Gasteiger partial charge in [0.05, 0.1) is 6.10 Å². The van der Waals surface area contributed by atoms with Crippen LogP contribution in [0.15, 0.2) is 0 Å². The first kappa shape index (κ1) is 25.2. The number of carbonyl (C=O) groups excluding carboxylic acids is 1. The van der Waals surface area contributed by atoms with E-state index in [0.717, 1.165) is 19.3 Å². The van der Waals surface area contributed by atoms with Crippen molar-refractivity contribution in [2.75, 3.05) is 0 Å². The standard InChI is InChI=1S/C23H46O2SSi/c1-7-8-9-10-11-12-13-14-15-16-17-20(21-18-19-22(24)26-21)25-27(5,6)23(2,3)4/h20-21H,7-19H2,1-6H3/t20-,21-/m1/s1. The summed E-state index contributed by atoms with van der Waals surface area (Å²) in [6.45, 7) is 13.9. The molecule has 0 aliphatic carbocycles. The number of thioether (sulfide) groups is 1. The second kappa shape index (κ2) is 12.7. The summed E-state index contributed by atoms with van der Waals surface area (Å²) < 4.78 is 6.78. The molecule has 1 rings (SSSR count). The fourth-order valence-electron chi connectivity index (χ4n) is 3.52. The Kier molecular flexibility index (Phi) is 11.9. The molecule has 4 heteroatoms. The fraction of sp³-hybridized carbons (Fsp3) is 0.957. The molecular formula is C23H46O2SSi. The first-order chi connectivity index (χ1) is 12.7. The first-order valence-corrected chi connectivity index (χ1v) is 15.3. The molecule has 0 saturated carbocycles. The van der Waals surface area contributed by atoms with Crippen LogP contribution in [-0.2, 0) is 9.22 Å². The normalized spacial score (nSPS) is 19.6. The zero-order valence-electron chi connectivity index (χ0n) is 19.1. The van der Waals surface area contributed by atoms with Crippen LogP contribution in [-0.4, -0.2) is 24.8 Å². The highest BCUT2D eigenvalue weighted by Crippen LogP contribution is 2.41. The van der Waals surface area contributed by atoms with Crippen molar-refractivity contribution in [1.29, 1.82) is 0 Å². The Morgan fingerprint density at radius 2 is 1.52 bits per heavy atom. The van der Waals surface area contributed by atoms with Gasteiger partial charge in [0.2, 0.25) is 0 Å². The van der Waals surface area contributed by atoms with E-state index in [2.05, 4.69) is 40.8 Å². The van der Waals surface area contributed by atoms with Crippen LogP contribution in [0.2, 0.25) is 18.1 Å². The quantitative estimate of drug-likeness (QED) is 0.212. The van der Waals surface area contributed by atoms with Crippen molar-refractivity contribution in [3.8, 4) is 0 Å². The van der Waals surface area contributed by atoms with Crippen molar-refractivity contribution in [3.63, 3.8) is 0 Å². The van der Waals surface area contributed by atoms with E-state index < -0.39 is 8.32 Å². The van der Waals surface area contributed by atoms with Gasteiger partial charge in [0, 0.05) is 11.7 Å². The monoisotopic (exact) mass is 414 g/mol. The summed E-state index contributed by atoms with van der Waals surface area (Å²) in [5.74, 6) is 0. The zero-order valence-corrected chi connectivity index (χ0v) is 20.9. The number of unbranched alkanes of at least 4 members (excludes halogenated alkanes) is 9. The van der Waals surface area contributed by atoms with Gasteiger partial charge in [0.15, 0.2) is 13.4 Å². The van der Waals surface area contributed by atoms with Crippen molar-refractivity contribution in [1.82, 2.24) is 0 Å². The molecule has 2 nitrogen and oxygen atoms in total. The molecule has 160 valence electrons. The van der Waals surface area contributed by atoms with Crippen molar-refractivity contribution in [3.05, 3.63) is 0 Å². The summed E-state index contributed by atoms with van der Waals surface area (Å²) in [5, 5.41) is 0.994. The van der Waals surface area contributed by atoms with E-state index in [1.807, 2.05) is 0 Å². The minimum atomic E-state index is -1.78. The van der Waals surface area contributed by atoms with Gasteiger partial charge in [-0.3, -0.25) is 4.79 Å². The van der Waals surface area contributed by atoms with E-state index in [1.165, 1.54) is 64.2 Å². The topological polar surface area (TPSA) is 26.3 Å². The molecule has 2 atom stereocenters. The van der Waals surface area contributed by atoms with Gasteiger partial charge in [-0.2, -0.15) is 0 Å². The Labute approximate surface area is 175 Å².